The van der Waals surface area contributed by atoms with Crippen LogP contribution in [0.2, 0.25) is 0 Å². The number of aromatic nitrogens is 1. The number of carbonyl (C=O) groups excluding carboxylic acids is 1. The number of nitro benzene ring substituents is 1. The third-order valence-electron chi connectivity index (χ3n) is 5.73. The van der Waals surface area contributed by atoms with Gasteiger partial charge in [-0.2, -0.15) is 0 Å². The molecule has 3 heterocycles. The zero-order valence-electron chi connectivity index (χ0n) is 18.5. The molecule has 174 valence electrons. The second-order valence-electron chi connectivity index (χ2n) is 8.06. The van der Waals surface area contributed by atoms with Gasteiger partial charge < -0.3 is 18.6 Å². The molecule has 0 aliphatic carbocycles. The standard InChI is InChI=1S/C24H22N4O5S/c1-16-2-8-21-20(14-16)25-24(33-21)34-15-19-7-9-22(32-19)23(29)27-12-10-26(11-13-27)17-3-5-18(6-4-17)28(30)31/h2-9,14H,10-13,15H2,1H3. The number of hydrogen-bond acceptors (Lipinski definition) is 8. The molecule has 4 aromatic rings. The lowest BCUT2D eigenvalue weighted by atomic mass is 10.2. The summed E-state index contributed by atoms with van der Waals surface area (Å²) < 4.78 is 11.6. The summed E-state index contributed by atoms with van der Waals surface area (Å²) >= 11 is 1.42. The lowest BCUT2D eigenvalue weighted by molar-refractivity contribution is -0.384. The van der Waals surface area contributed by atoms with E-state index in [1.165, 1.54) is 23.9 Å². The number of anilines is 1. The van der Waals surface area contributed by atoms with Crippen molar-refractivity contribution < 1.29 is 18.6 Å². The van der Waals surface area contributed by atoms with Crippen LogP contribution in [0.1, 0.15) is 21.9 Å². The highest BCUT2D eigenvalue weighted by Crippen LogP contribution is 2.28. The molecule has 0 N–H and O–H groups in total. The molecule has 1 aliphatic rings. The average Bonchev–Trinajstić information content (AvgIpc) is 3.49. The molecule has 0 atom stereocenters. The zero-order chi connectivity index (χ0) is 23.7. The first kappa shape index (κ1) is 22.0. The fraction of sp³-hybridized carbons (Fsp3) is 0.250. The number of carbonyl (C=O) groups is 1. The SMILES string of the molecule is Cc1ccc2oc(SCc3ccc(C(=O)N4CCN(c5ccc([N+](=O)[O-])cc5)CC4)o3)nc2c1. The molecular formula is C24H22N4O5S. The minimum atomic E-state index is -0.412. The number of rotatable bonds is 6. The van der Waals surface area contributed by atoms with Crippen molar-refractivity contribution in [2.75, 3.05) is 31.1 Å². The molecule has 1 amide bonds. The van der Waals surface area contributed by atoms with Gasteiger partial charge in [0.05, 0.1) is 10.7 Å². The molecule has 5 rings (SSSR count). The Hall–Kier alpha value is -3.79. The van der Waals surface area contributed by atoms with E-state index in [1.807, 2.05) is 25.1 Å². The highest BCUT2D eigenvalue weighted by atomic mass is 32.2. The topological polar surface area (TPSA) is 106 Å². The predicted octanol–water partition coefficient (Wildman–Crippen LogP) is 4.89. The zero-order valence-corrected chi connectivity index (χ0v) is 19.3. The number of piperazine rings is 1. The number of hydrogen-bond donors (Lipinski definition) is 0. The van der Waals surface area contributed by atoms with Crippen molar-refractivity contribution in [3.8, 4) is 0 Å². The van der Waals surface area contributed by atoms with E-state index in [1.54, 1.807) is 29.2 Å². The smallest absolute Gasteiger partial charge is 0.289 e. The quantitative estimate of drug-likeness (QED) is 0.219. The van der Waals surface area contributed by atoms with Crippen LogP contribution >= 0.6 is 11.8 Å². The van der Waals surface area contributed by atoms with E-state index in [0.717, 1.165) is 22.4 Å². The summed E-state index contributed by atoms with van der Waals surface area (Å²) in [6.07, 6.45) is 0. The van der Waals surface area contributed by atoms with Crippen molar-refractivity contribution in [3.63, 3.8) is 0 Å². The molecule has 1 fully saturated rings. The molecule has 0 radical (unpaired) electrons. The second-order valence-corrected chi connectivity index (χ2v) is 8.98. The lowest BCUT2D eigenvalue weighted by Gasteiger charge is -2.35. The summed E-state index contributed by atoms with van der Waals surface area (Å²) in [5, 5.41) is 11.4. The Morgan fingerprint density at radius 2 is 1.82 bits per heavy atom. The third kappa shape index (κ3) is 4.62. The van der Waals surface area contributed by atoms with E-state index in [2.05, 4.69) is 9.88 Å². The van der Waals surface area contributed by atoms with Crippen molar-refractivity contribution in [3.05, 3.63) is 81.8 Å². The number of benzene rings is 2. The van der Waals surface area contributed by atoms with Crippen LogP contribution in [0.5, 0.6) is 0 Å². The Balaban J connectivity index is 1.16. The van der Waals surface area contributed by atoms with Crippen molar-refractivity contribution in [1.29, 1.82) is 0 Å². The molecule has 0 saturated carbocycles. The first-order chi connectivity index (χ1) is 16.5. The number of oxazole rings is 1. The van der Waals surface area contributed by atoms with Crippen LogP contribution in [0.15, 0.2) is 68.7 Å². The Bertz CT molecular complexity index is 1340. The number of amides is 1. The molecule has 1 saturated heterocycles. The second kappa shape index (κ2) is 9.22. The molecule has 1 aliphatic heterocycles. The van der Waals surface area contributed by atoms with Crippen molar-refractivity contribution >= 4 is 40.1 Å². The van der Waals surface area contributed by atoms with Crippen LogP contribution in [0, 0.1) is 17.0 Å². The van der Waals surface area contributed by atoms with E-state index >= 15 is 0 Å². The molecule has 2 aromatic heterocycles. The Kier molecular flexibility index (Phi) is 5.97. The van der Waals surface area contributed by atoms with E-state index in [-0.39, 0.29) is 11.6 Å². The van der Waals surface area contributed by atoms with Gasteiger partial charge >= 0.3 is 0 Å². The van der Waals surface area contributed by atoms with Gasteiger partial charge in [-0.25, -0.2) is 4.98 Å². The van der Waals surface area contributed by atoms with Crippen molar-refractivity contribution in [2.24, 2.45) is 0 Å². The van der Waals surface area contributed by atoms with Gasteiger partial charge in [0, 0.05) is 44.0 Å². The summed E-state index contributed by atoms with van der Waals surface area (Å²) in [5.74, 6) is 1.35. The first-order valence-electron chi connectivity index (χ1n) is 10.8. The van der Waals surface area contributed by atoms with Crippen LogP contribution in [0.4, 0.5) is 11.4 Å². The molecule has 10 heteroatoms. The molecule has 2 aromatic carbocycles. The van der Waals surface area contributed by atoms with Gasteiger partial charge in [-0.1, -0.05) is 17.8 Å². The monoisotopic (exact) mass is 478 g/mol. The highest BCUT2D eigenvalue weighted by Gasteiger charge is 2.25. The maximum absolute atomic E-state index is 12.9. The Labute approximate surface area is 199 Å². The number of furan rings is 1. The summed E-state index contributed by atoms with van der Waals surface area (Å²) in [4.78, 5) is 31.7. The van der Waals surface area contributed by atoms with E-state index < -0.39 is 4.92 Å². The molecular weight excluding hydrogens is 456 g/mol. The molecule has 0 spiro atoms. The van der Waals surface area contributed by atoms with E-state index in [0.29, 0.717) is 48.7 Å². The van der Waals surface area contributed by atoms with Crippen LogP contribution in [-0.4, -0.2) is 46.9 Å². The van der Waals surface area contributed by atoms with Crippen LogP contribution in [0.3, 0.4) is 0 Å². The number of aryl methyl sites for hydroxylation is 1. The molecule has 0 unspecified atom stereocenters. The fourth-order valence-electron chi connectivity index (χ4n) is 3.89. The number of nitrogens with zero attached hydrogens (tertiary/aromatic N) is 4. The van der Waals surface area contributed by atoms with Crippen LogP contribution in [-0.2, 0) is 5.75 Å². The predicted molar refractivity (Wildman–Crippen MR) is 128 cm³/mol. The van der Waals surface area contributed by atoms with Gasteiger partial charge in [0.25, 0.3) is 16.8 Å². The molecule has 0 bridgehead atoms. The fourth-order valence-corrected chi connectivity index (χ4v) is 4.62. The van der Waals surface area contributed by atoms with Crippen molar-refractivity contribution in [2.45, 2.75) is 17.9 Å². The number of non-ortho nitro benzene ring substituents is 1. The number of fused-ring (bicyclic) bond motifs is 1. The maximum atomic E-state index is 12.9. The first-order valence-corrected chi connectivity index (χ1v) is 11.8. The van der Waals surface area contributed by atoms with Gasteiger partial charge in [-0.05, 0) is 48.9 Å². The van der Waals surface area contributed by atoms with Crippen LogP contribution < -0.4 is 4.90 Å². The van der Waals surface area contributed by atoms with Crippen molar-refractivity contribution in [1.82, 2.24) is 9.88 Å². The van der Waals surface area contributed by atoms with Gasteiger partial charge in [0.1, 0.15) is 11.3 Å². The lowest BCUT2D eigenvalue weighted by Crippen LogP contribution is -2.48. The van der Waals surface area contributed by atoms with E-state index in [4.69, 9.17) is 8.83 Å². The number of thioether (sulfide) groups is 1. The van der Waals surface area contributed by atoms with Gasteiger partial charge in [0.2, 0.25) is 0 Å². The van der Waals surface area contributed by atoms with E-state index in [9.17, 15) is 14.9 Å². The summed E-state index contributed by atoms with van der Waals surface area (Å²) in [7, 11) is 0. The Morgan fingerprint density at radius 1 is 1.06 bits per heavy atom. The molecule has 34 heavy (non-hydrogen) atoms. The average molecular weight is 479 g/mol. The van der Waals surface area contributed by atoms with Gasteiger partial charge in [0.15, 0.2) is 11.3 Å². The minimum Gasteiger partial charge on any atom is -0.455 e. The summed E-state index contributed by atoms with van der Waals surface area (Å²) in [6.45, 7) is 4.39. The maximum Gasteiger partial charge on any atom is 0.289 e. The third-order valence-corrected chi connectivity index (χ3v) is 6.58. The normalized spacial score (nSPS) is 14.0. The van der Waals surface area contributed by atoms with Gasteiger partial charge in [-0.3, -0.25) is 14.9 Å². The largest absolute Gasteiger partial charge is 0.455 e. The number of nitro groups is 1. The highest BCUT2D eigenvalue weighted by molar-refractivity contribution is 7.98. The molecule has 9 nitrogen and oxygen atoms in total. The Morgan fingerprint density at radius 3 is 2.56 bits per heavy atom. The summed E-state index contributed by atoms with van der Waals surface area (Å²) in [5.41, 5.74) is 3.67. The summed E-state index contributed by atoms with van der Waals surface area (Å²) in [6, 6.07) is 15.9. The minimum absolute atomic E-state index is 0.0653. The van der Waals surface area contributed by atoms with Gasteiger partial charge in [-0.15, -0.1) is 0 Å². The van der Waals surface area contributed by atoms with Crippen LogP contribution in [0.25, 0.3) is 11.1 Å².